The molecule has 3 aliphatic heterocycles. The molecule has 8 heteroatoms. The number of hydrogen-bond acceptors (Lipinski definition) is 5. The van der Waals surface area contributed by atoms with Crippen LogP contribution in [0.2, 0.25) is 0 Å². The molecule has 0 spiro atoms. The molecule has 3 amide bonds. The Kier molecular flexibility index (Phi) is 6.92. The molecular weight excluding hydrogens is 386 g/mol. The Bertz CT molecular complexity index is 696. The van der Waals surface area contributed by atoms with Crippen molar-refractivity contribution in [1.82, 2.24) is 25.4 Å². The monoisotopic (exact) mass is 417 g/mol. The van der Waals surface area contributed by atoms with Crippen LogP contribution in [0.4, 0.5) is 4.79 Å². The van der Waals surface area contributed by atoms with E-state index in [1.807, 2.05) is 29.1 Å². The van der Waals surface area contributed by atoms with Gasteiger partial charge in [-0.25, -0.2) is 4.79 Å². The number of thioether (sulfide) groups is 1. The first kappa shape index (κ1) is 20.5. The number of nitrogens with zero attached hydrogens (tertiary/aromatic N) is 3. The number of aromatic nitrogens is 1. The molecule has 4 rings (SSSR count). The van der Waals surface area contributed by atoms with Crippen molar-refractivity contribution in [2.24, 2.45) is 0 Å². The molecule has 0 aliphatic carbocycles. The summed E-state index contributed by atoms with van der Waals surface area (Å²) < 4.78 is 0. The highest BCUT2D eigenvalue weighted by Gasteiger charge is 2.42. The average molecular weight is 418 g/mol. The third kappa shape index (κ3) is 5.42. The molecule has 1 aromatic rings. The van der Waals surface area contributed by atoms with E-state index in [-0.39, 0.29) is 18.1 Å². The standard InChI is InChI=1S/C21H31N5O2S/c27-19(4-2-1-3-18-20-17(15-29-18)23-21(28)24-20)26-13-11-25(12-14-26)10-7-16-5-8-22-9-6-16/h5-6,8-9,17-18,20H,1-4,7,10-15H2,(H2,23,24,28)/t17-,18-,20-/m0/s1. The maximum atomic E-state index is 12.5. The van der Waals surface area contributed by atoms with Crippen LogP contribution in [0.1, 0.15) is 31.2 Å². The fourth-order valence-electron chi connectivity index (χ4n) is 4.48. The van der Waals surface area contributed by atoms with Crippen molar-refractivity contribution < 1.29 is 9.59 Å². The first-order valence-electron chi connectivity index (χ1n) is 10.8. The zero-order valence-electron chi connectivity index (χ0n) is 16.9. The maximum Gasteiger partial charge on any atom is 0.315 e. The van der Waals surface area contributed by atoms with Gasteiger partial charge in [0.2, 0.25) is 5.91 Å². The third-order valence-electron chi connectivity index (χ3n) is 6.26. The van der Waals surface area contributed by atoms with Crippen molar-refractivity contribution in [3.05, 3.63) is 30.1 Å². The van der Waals surface area contributed by atoms with Gasteiger partial charge in [0.1, 0.15) is 0 Å². The van der Waals surface area contributed by atoms with E-state index in [2.05, 4.69) is 32.7 Å². The quantitative estimate of drug-likeness (QED) is 0.495. The van der Waals surface area contributed by atoms with Crippen molar-refractivity contribution in [3.63, 3.8) is 0 Å². The lowest BCUT2D eigenvalue weighted by molar-refractivity contribution is -0.133. The van der Waals surface area contributed by atoms with E-state index in [0.29, 0.717) is 17.6 Å². The van der Waals surface area contributed by atoms with Crippen molar-refractivity contribution in [2.75, 3.05) is 38.5 Å². The molecule has 0 bridgehead atoms. The van der Waals surface area contributed by atoms with Crippen LogP contribution >= 0.6 is 11.8 Å². The number of pyridine rings is 1. The minimum atomic E-state index is -0.0274. The van der Waals surface area contributed by atoms with Crippen molar-refractivity contribution in [1.29, 1.82) is 0 Å². The number of nitrogens with one attached hydrogen (secondary N) is 2. The number of amides is 3. The molecule has 3 aliphatic rings. The second kappa shape index (κ2) is 9.80. The maximum absolute atomic E-state index is 12.5. The number of hydrogen-bond donors (Lipinski definition) is 2. The summed E-state index contributed by atoms with van der Waals surface area (Å²) in [6.45, 7) is 4.65. The van der Waals surface area contributed by atoms with Crippen molar-refractivity contribution in [3.8, 4) is 0 Å². The number of carbonyl (C=O) groups is 2. The first-order chi connectivity index (χ1) is 14.2. The van der Waals surface area contributed by atoms with Crippen LogP contribution in [0.15, 0.2) is 24.5 Å². The first-order valence-corrected chi connectivity index (χ1v) is 11.8. The van der Waals surface area contributed by atoms with E-state index in [0.717, 1.165) is 64.2 Å². The Morgan fingerprint density at radius 3 is 2.72 bits per heavy atom. The summed E-state index contributed by atoms with van der Waals surface area (Å²) in [6.07, 6.45) is 8.43. The number of fused-ring (bicyclic) bond motifs is 1. The van der Waals surface area contributed by atoms with Crippen molar-refractivity contribution in [2.45, 2.75) is 49.4 Å². The predicted molar refractivity (Wildman–Crippen MR) is 115 cm³/mol. The van der Waals surface area contributed by atoms with Crippen LogP contribution in [-0.2, 0) is 11.2 Å². The summed E-state index contributed by atoms with van der Waals surface area (Å²) in [7, 11) is 0. The molecular formula is C21H31N5O2S. The normalized spacial score (nSPS) is 26.8. The van der Waals surface area contributed by atoms with Gasteiger partial charge in [0.05, 0.1) is 12.1 Å². The fourth-order valence-corrected chi connectivity index (χ4v) is 6.02. The topological polar surface area (TPSA) is 77.6 Å². The molecule has 0 unspecified atom stereocenters. The molecule has 1 aromatic heterocycles. The third-order valence-corrected chi connectivity index (χ3v) is 7.77. The number of urea groups is 1. The number of unbranched alkanes of at least 4 members (excludes halogenated alkanes) is 1. The van der Waals surface area contributed by atoms with E-state index in [1.54, 1.807) is 0 Å². The van der Waals surface area contributed by atoms with Gasteiger partial charge in [0.25, 0.3) is 0 Å². The Hall–Kier alpha value is -1.80. The molecule has 3 fully saturated rings. The Balaban J connectivity index is 1.09. The van der Waals surface area contributed by atoms with Gasteiger partial charge in [-0.15, -0.1) is 0 Å². The molecule has 4 heterocycles. The Morgan fingerprint density at radius 2 is 1.93 bits per heavy atom. The number of piperazine rings is 1. The minimum Gasteiger partial charge on any atom is -0.340 e. The number of rotatable bonds is 8. The van der Waals surface area contributed by atoms with Gasteiger partial charge >= 0.3 is 6.03 Å². The average Bonchev–Trinajstić information content (AvgIpc) is 3.30. The largest absolute Gasteiger partial charge is 0.340 e. The zero-order valence-corrected chi connectivity index (χ0v) is 17.7. The summed E-state index contributed by atoms with van der Waals surface area (Å²) >= 11 is 1.94. The molecule has 158 valence electrons. The van der Waals surface area contributed by atoms with Crippen LogP contribution in [0, 0.1) is 0 Å². The summed E-state index contributed by atoms with van der Waals surface area (Å²) in [5.74, 6) is 1.30. The zero-order chi connectivity index (χ0) is 20.1. The van der Waals surface area contributed by atoms with Crippen LogP contribution < -0.4 is 10.6 Å². The van der Waals surface area contributed by atoms with Crippen LogP contribution in [-0.4, -0.2) is 82.5 Å². The van der Waals surface area contributed by atoms with E-state index < -0.39 is 0 Å². The molecule has 3 atom stereocenters. The van der Waals surface area contributed by atoms with Crippen LogP contribution in [0.25, 0.3) is 0 Å². The predicted octanol–water partition coefficient (Wildman–Crippen LogP) is 1.49. The van der Waals surface area contributed by atoms with Gasteiger partial charge in [-0.3, -0.25) is 14.7 Å². The molecule has 7 nitrogen and oxygen atoms in total. The lowest BCUT2D eigenvalue weighted by Gasteiger charge is -2.34. The van der Waals surface area contributed by atoms with Gasteiger partial charge in [0, 0.05) is 62.5 Å². The number of carbonyl (C=O) groups excluding carboxylic acids is 2. The van der Waals surface area contributed by atoms with Gasteiger partial charge < -0.3 is 15.5 Å². The molecule has 0 radical (unpaired) electrons. The molecule has 0 aromatic carbocycles. The molecule has 3 saturated heterocycles. The summed E-state index contributed by atoms with van der Waals surface area (Å²) in [5.41, 5.74) is 1.32. The van der Waals surface area contributed by atoms with Crippen LogP contribution in [0.3, 0.4) is 0 Å². The summed E-state index contributed by atoms with van der Waals surface area (Å²) in [5, 5.41) is 6.50. The Morgan fingerprint density at radius 1 is 1.14 bits per heavy atom. The highest BCUT2D eigenvalue weighted by molar-refractivity contribution is 8.00. The van der Waals surface area contributed by atoms with Crippen LogP contribution in [0.5, 0.6) is 0 Å². The molecule has 0 saturated carbocycles. The Labute approximate surface area is 177 Å². The van der Waals surface area contributed by atoms with E-state index in [4.69, 9.17) is 0 Å². The minimum absolute atomic E-state index is 0.0274. The SMILES string of the molecule is O=C1N[C@H]2[C@H](CS[C@H]2CCCCC(=O)N2CCN(CCc3ccncc3)CC2)N1. The highest BCUT2D eigenvalue weighted by atomic mass is 32.2. The molecule has 29 heavy (non-hydrogen) atoms. The lowest BCUT2D eigenvalue weighted by atomic mass is 10.0. The van der Waals surface area contributed by atoms with E-state index in [9.17, 15) is 9.59 Å². The van der Waals surface area contributed by atoms with E-state index in [1.165, 1.54) is 5.56 Å². The van der Waals surface area contributed by atoms with Gasteiger partial charge in [-0.05, 0) is 37.0 Å². The van der Waals surface area contributed by atoms with E-state index >= 15 is 0 Å². The highest BCUT2D eigenvalue weighted by Crippen LogP contribution is 2.33. The molecule has 2 N–H and O–H groups in total. The summed E-state index contributed by atoms with van der Waals surface area (Å²) in [6, 6.07) is 4.67. The van der Waals surface area contributed by atoms with Gasteiger partial charge in [-0.2, -0.15) is 11.8 Å². The summed E-state index contributed by atoms with van der Waals surface area (Å²) in [4.78, 5) is 32.5. The van der Waals surface area contributed by atoms with Gasteiger partial charge in [0.15, 0.2) is 0 Å². The fraction of sp³-hybridized carbons (Fsp3) is 0.667. The van der Waals surface area contributed by atoms with Gasteiger partial charge in [-0.1, -0.05) is 6.42 Å². The second-order valence-corrected chi connectivity index (χ2v) is 9.47. The van der Waals surface area contributed by atoms with Crippen molar-refractivity contribution >= 4 is 23.7 Å². The lowest BCUT2D eigenvalue weighted by Crippen LogP contribution is -2.49. The second-order valence-electron chi connectivity index (χ2n) is 8.20. The smallest absolute Gasteiger partial charge is 0.315 e.